The summed E-state index contributed by atoms with van der Waals surface area (Å²) in [4.78, 5) is 18.3. The van der Waals surface area contributed by atoms with Gasteiger partial charge in [0.2, 0.25) is 0 Å². The van der Waals surface area contributed by atoms with Gasteiger partial charge in [0.15, 0.2) is 14.8 Å². The van der Waals surface area contributed by atoms with Gasteiger partial charge in [-0.05, 0) is 61.1 Å². The van der Waals surface area contributed by atoms with Crippen LogP contribution in [0.15, 0.2) is 58.5 Å². The van der Waals surface area contributed by atoms with E-state index in [1.54, 1.807) is 4.57 Å². The van der Waals surface area contributed by atoms with Gasteiger partial charge < -0.3 is 0 Å². The predicted octanol–water partition coefficient (Wildman–Crippen LogP) is 5.56. The molecular weight excluding hydrogens is 406 g/mol. The van der Waals surface area contributed by atoms with Crippen LogP contribution in [-0.4, -0.2) is 20.4 Å². The number of fused-ring (bicyclic) bond motifs is 1. The SMILES string of the molecule is CCc1ccc(-n2c(=S)sc3c(=O)n(-c4ccccc4C)c(SC)nc32)cc1. The predicted molar refractivity (Wildman–Crippen MR) is 121 cm³/mol. The number of thiazole rings is 1. The van der Waals surface area contributed by atoms with Crippen LogP contribution in [0.2, 0.25) is 0 Å². The van der Waals surface area contributed by atoms with Gasteiger partial charge in [0, 0.05) is 5.69 Å². The van der Waals surface area contributed by atoms with Crippen LogP contribution in [0, 0.1) is 10.9 Å². The summed E-state index contributed by atoms with van der Waals surface area (Å²) >= 11 is 8.38. The summed E-state index contributed by atoms with van der Waals surface area (Å²) in [5.41, 5.74) is 4.61. The summed E-state index contributed by atoms with van der Waals surface area (Å²) < 4.78 is 4.79. The largest absolute Gasteiger partial charge is 0.278 e. The van der Waals surface area contributed by atoms with Gasteiger partial charge in [-0.2, -0.15) is 0 Å². The van der Waals surface area contributed by atoms with E-state index < -0.39 is 0 Å². The highest BCUT2D eigenvalue weighted by Gasteiger charge is 2.19. The van der Waals surface area contributed by atoms with Crippen molar-refractivity contribution in [2.24, 2.45) is 0 Å². The smallest absolute Gasteiger partial charge is 0.275 e. The Labute approximate surface area is 176 Å². The van der Waals surface area contributed by atoms with Crippen LogP contribution in [0.4, 0.5) is 0 Å². The molecule has 28 heavy (non-hydrogen) atoms. The van der Waals surface area contributed by atoms with Crippen LogP contribution >= 0.6 is 35.3 Å². The van der Waals surface area contributed by atoms with E-state index in [0.29, 0.717) is 19.5 Å². The van der Waals surface area contributed by atoms with Gasteiger partial charge in [-0.1, -0.05) is 60.4 Å². The molecule has 0 saturated carbocycles. The fourth-order valence-corrected chi connectivity index (χ4v) is 5.06. The molecule has 4 nitrogen and oxygen atoms in total. The lowest BCUT2D eigenvalue weighted by atomic mass is 10.1. The summed E-state index contributed by atoms with van der Waals surface area (Å²) in [7, 11) is 0. The molecular formula is C21H19N3OS3. The van der Waals surface area contributed by atoms with Crippen LogP contribution in [0.25, 0.3) is 21.7 Å². The maximum atomic E-state index is 13.4. The Morgan fingerprint density at radius 2 is 1.82 bits per heavy atom. The van der Waals surface area contributed by atoms with Gasteiger partial charge in [0.25, 0.3) is 5.56 Å². The first-order chi connectivity index (χ1) is 13.5. The minimum Gasteiger partial charge on any atom is -0.275 e. The number of hydrogen-bond donors (Lipinski definition) is 0. The van der Waals surface area contributed by atoms with Crippen molar-refractivity contribution >= 4 is 45.7 Å². The average Bonchev–Trinajstić information content (AvgIpc) is 3.05. The summed E-state index contributed by atoms with van der Waals surface area (Å²) in [6.45, 7) is 4.12. The number of para-hydroxylation sites is 1. The molecule has 0 unspecified atom stereocenters. The van der Waals surface area contributed by atoms with Crippen molar-refractivity contribution in [1.82, 2.24) is 14.1 Å². The Morgan fingerprint density at radius 1 is 1.11 bits per heavy atom. The number of aryl methyl sites for hydroxylation is 2. The zero-order chi connectivity index (χ0) is 19.8. The van der Waals surface area contributed by atoms with Gasteiger partial charge in [-0.15, -0.1) is 0 Å². The van der Waals surface area contributed by atoms with E-state index in [4.69, 9.17) is 17.2 Å². The second kappa shape index (κ2) is 7.66. The van der Waals surface area contributed by atoms with Crippen LogP contribution < -0.4 is 5.56 Å². The molecule has 0 bridgehead atoms. The van der Waals surface area contributed by atoms with Crippen molar-refractivity contribution in [2.45, 2.75) is 25.4 Å². The molecule has 2 aromatic heterocycles. The number of aromatic nitrogens is 3. The van der Waals surface area contributed by atoms with Gasteiger partial charge in [-0.3, -0.25) is 13.9 Å². The molecule has 0 spiro atoms. The van der Waals surface area contributed by atoms with E-state index >= 15 is 0 Å². The summed E-state index contributed by atoms with van der Waals surface area (Å²) in [5, 5.41) is 0.651. The second-order valence-corrected chi connectivity index (χ2v) is 8.82. The summed E-state index contributed by atoms with van der Waals surface area (Å²) in [6, 6.07) is 16.1. The lowest BCUT2D eigenvalue weighted by Gasteiger charge is -2.13. The summed E-state index contributed by atoms with van der Waals surface area (Å²) in [6.07, 6.45) is 2.91. The molecule has 0 aliphatic carbocycles. The molecule has 0 N–H and O–H groups in total. The first kappa shape index (κ1) is 19.1. The van der Waals surface area contributed by atoms with E-state index in [1.807, 2.05) is 54.1 Å². The third-order valence-electron chi connectivity index (χ3n) is 4.72. The van der Waals surface area contributed by atoms with Crippen LogP contribution in [0.3, 0.4) is 0 Å². The van der Waals surface area contributed by atoms with Crippen molar-refractivity contribution in [2.75, 3.05) is 6.26 Å². The first-order valence-corrected chi connectivity index (χ1v) is 11.4. The first-order valence-electron chi connectivity index (χ1n) is 8.93. The van der Waals surface area contributed by atoms with Crippen LogP contribution in [-0.2, 0) is 6.42 Å². The van der Waals surface area contributed by atoms with Gasteiger partial charge in [-0.25, -0.2) is 4.98 Å². The van der Waals surface area contributed by atoms with Crippen LogP contribution in [0.1, 0.15) is 18.1 Å². The highest BCUT2D eigenvalue weighted by molar-refractivity contribution is 7.98. The highest BCUT2D eigenvalue weighted by Crippen LogP contribution is 2.27. The fraction of sp³-hybridized carbons (Fsp3) is 0.190. The Bertz CT molecular complexity index is 1280. The molecule has 4 rings (SSSR count). The second-order valence-electron chi connectivity index (χ2n) is 6.40. The molecule has 2 aromatic carbocycles. The molecule has 0 aliphatic heterocycles. The lowest BCUT2D eigenvalue weighted by Crippen LogP contribution is -2.22. The maximum Gasteiger partial charge on any atom is 0.278 e. The van der Waals surface area contributed by atoms with Gasteiger partial charge in [0.05, 0.1) is 5.69 Å². The molecule has 0 atom stereocenters. The van der Waals surface area contributed by atoms with E-state index in [0.717, 1.165) is 23.4 Å². The minimum atomic E-state index is -0.0799. The third-order valence-corrected chi connectivity index (χ3v) is 6.71. The summed E-state index contributed by atoms with van der Waals surface area (Å²) in [5.74, 6) is 0. The Morgan fingerprint density at radius 3 is 2.46 bits per heavy atom. The van der Waals surface area contributed by atoms with Crippen molar-refractivity contribution in [3.8, 4) is 11.4 Å². The Hall–Kier alpha value is -2.22. The lowest BCUT2D eigenvalue weighted by molar-refractivity contribution is 0.808. The number of benzene rings is 2. The normalized spacial score (nSPS) is 11.2. The van der Waals surface area contributed by atoms with Crippen LogP contribution in [0.5, 0.6) is 0 Å². The van der Waals surface area contributed by atoms with E-state index in [9.17, 15) is 4.79 Å². The molecule has 0 fully saturated rings. The van der Waals surface area contributed by atoms with Crippen molar-refractivity contribution in [3.63, 3.8) is 0 Å². The topological polar surface area (TPSA) is 39.8 Å². The molecule has 0 saturated heterocycles. The highest BCUT2D eigenvalue weighted by atomic mass is 32.2. The zero-order valence-corrected chi connectivity index (χ0v) is 18.3. The van der Waals surface area contributed by atoms with Gasteiger partial charge >= 0.3 is 0 Å². The quantitative estimate of drug-likeness (QED) is 0.244. The number of thioether (sulfide) groups is 1. The standard InChI is InChI=1S/C21H19N3OS3/c1-4-14-9-11-15(12-10-14)23-18-17(28-21(23)26)19(25)24(20(22-18)27-3)16-8-6-5-7-13(16)2/h5-12H,4H2,1-3H3. The Balaban J connectivity index is 2.03. The fourth-order valence-electron chi connectivity index (χ4n) is 3.21. The monoisotopic (exact) mass is 425 g/mol. The minimum absolute atomic E-state index is 0.0799. The average molecular weight is 426 g/mol. The maximum absolute atomic E-state index is 13.4. The molecule has 142 valence electrons. The number of hydrogen-bond acceptors (Lipinski definition) is 5. The molecule has 0 radical (unpaired) electrons. The molecule has 7 heteroatoms. The number of rotatable bonds is 4. The molecule has 0 amide bonds. The van der Waals surface area contributed by atoms with Crippen molar-refractivity contribution in [3.05, 3.63) is 74.0 Å². The van der Waals surface area contributed by atoms with Crippen molar-refractivity contribution < 1.29 is 0 Å². The third kappa shape index (κ3) is 3.13. The van der Waals surface area contributed by atoms with Crippen molar-refractivity contribution in [1.29, 1.82) is 0 Å². The van der Waals surface area contributed by atoms with E-state index in [-0.39, 0.29) is 5.56 Å². The Kier molecular flexibility index (Phi) is 5.23. The zero-order valence-electron chi connectivity index (χ0n) is 15.8. The molecule has 2 heterocycles. The number of nitrogens with zero attached hydrogens (tertiary/aromatic N) is 3. The van der Waals surface area contributed by atoms with E-state index in [1.165, 1.54) is 28.7 Å². The molecule has 0 aliphatic rings. The molecule has 4 aromatic rings. The van der Waals surface area contributed by atoms with E-state index in [2.05, 4.69) is 19.1 Å². The van der Waals surface area contributed by atoms with Gasteiger partial charge in [0.1, 0.15) is 4.70 Å².